The fraction of sp³-hybridized carbons (Fsp3) is 0.821. The number of aldehydes is 1. The van der Waals surface area contributed by atoms with Crippen LogP contribution in [0.25, 0.3) is 0 Å². The Bertz CT molecular complexity index is 1260. The van der Waals surface area contributed by atoms with E-state index < -0.39 is 116 Å². The van der Waals surface area contributed by atoms with Crippen LogP contribution in [0, 0.1) is 23.7 Å². The molecule has 1 unspecified atom stereocenters. The molecule has 3 aliphatic rings. The number of carbonyl (C=O) groups is 3. The summed E-state index contributed by atoms with van der Waals surface area (Å²) in [5.41, 5.74) is 0.701. The molecule has 0 aromatic heterocycles. The number of esters is 1. The molecule has 0 bridgehead atoms. The van der Waals surface area contributed by atoms with Gasteiger partial charge in [0.15, 0.2) is 18.4 Å². The van der Waals surface area contributed by atoms with E-state index in [-0.39, 0.29) is 25.2 Å². The molecule has 54 heavy (non-hydrogen) atoms. The SMILES string of the molecule is CC[C@H]1OC(=O)C[C@@H](O)[C@H](C)[C@@H](O[C@@H]2O[C@H](C)[C@@H](O)[C@H](N(C)C)[C@H]2O)[C@@H](CC=O)C[C@@H](C)C(=O)C=CC(C)=C[C@@H]1COC1O[C@H](C)[C@@H](O)[C@@H](OC)[C@H]1OC. The first-order chi connectivity index (χ1) is 25.5. The summed E-state index contributed by atoms with van der Waals surface area (Å²) in [6.45, 7) is 10.5. The van der Waals surface area contributed by atoms with E-state index in [0.717, 1.165) is 6.29 Å². The molecule has 3 rings (SSSR count). The Labute approximate surface area is 319 Å². The van der Waals surface area contributed by atoms with E-state index in [1.54, 1.807) is 52.8 Å². The summed E-state index contributed by atoms with van der Waals surface area (Å²) in [4.78, 5) is 40.8. The average molecular weight is 772 g/mol. The minimum Gasteiger partial charge on any atom is -0.462 e. The molecule has 17 atom stereocenters. The lowest BCUT2D eigenvalue weighted by atomic mass is 9.79. The van der Waals surface area contributed by atoms with Crippen LogP contribution in [-0.2, 0) is 47.5 Å². The molecule has 3 aliphatic heterocycles. The van der Waals surface area contributed by atoms with Gasteiger partial charge < -0.3 is 63.3 Å². The molecular formula is C39H65NO14. The lowest BCUT2D eigenvalue weighted by Crippen LogP contribution is -2.63. The quantitative estimate of drug-likeness (QED) is 0.174. The van der Waals surface area contributed by atoms with Gasteiger partial charge in [-0.25, -0.2) is 0 Å². The number of cyclic esters (lactones) is 1. The summed E-state index contributed by atoms with van der Waals surface area (Å²) in [5.74, 6) is -3.37. The predicted molar refractivity (Wildman–Crippen MR) is 196 cm³/mol. The standard InChI is InChI=1S/C39H65NO14/c1-11-29-26(19-50-39-37(49-10)36(48-9)33(46)24(6)52-39)16-20(2)12-13-27(42)21(3)17-25(14-15-41)35(22(4)28(43)18-30(44)53-29)54-38-34(47)31(40(7)8)32(45)23(5)51-38/h12-13,15-16,21-26,28-29,31-39,43,45-47H,11,14,17-19H2,1-10H3/t21-,22+,23-,24-,25+,26-,28-,29-,31+,32-,33-,34-,35-,36-,37-,38+,39?/m1/s1. The smallest absolute Gasteiger partial charge is 0.308 e. The topological polar surface area (TPSA) is 200 Å². The van der Waals surface area contributed by atoms with Gasteiger partial charge in [0.25, 0.3) is 0 Å². The second-order valence-electron chi connectivity index (χ2n) is 15.4. The number of hydrogen-bond acceptors (Lipinski definition) is 15. The second-order valence-corrected chi connectivity index (χ2v) is 15.4. The highest BCUT2D eigenvalue weighted by Crippen LogP contribution is 2.35. The van der Waals surface area contributed by atoms with Gasteiger partial charge in [-0.15, -0.1) is 0 Å². The van der Waals surface area contributed by atoms with E-state index >= 15 is 0 Å². The summed E-state index contributed by atoms with van der Waals surface area (Å²) in [5, 5.41) is 44.2. The summed E-state index contributed by atoms with van der Waals surface area (Å²) in [7, 11) is 6.36. The zero-order chi connectivity index (χ0) is 40.4. The van der Waals surface area contributed by atoms with Gasteiger partial charge in [-0.2, -0.15) is 0 Å². The van der Waals surface area contributed by atoms with Crippen molar-refractivity contribution >= 4 is 18.0 Å². The zero-order valence-electron chi connectivity index (χ0n) is 33.5. The fourth-order valence-electron chi connectivity index (χ4n) is 7.76. The third kappa shape index (κ3) is 11.7. The highest BCUT2D eigenvalue weighted by Gasteiger charge is 2.48. The third-order valence-corrected chi connectivity index (χ3v) is 11.1. The monoisotopic (exact) mass is 771 g/mol. The molecule has 3 heterocycles. The van der Waals surface area contributed by atoms with E-state index in [9.17, 15) is 34.8 Å². The Morgan fingerprint density at radius 1 is 0.889 bits per heavy atom. The van der Waals surface area contributed by atoms with E-state index in [1.807, 2.05) is 19.9 Å². The van der Waals surface area contributed by atoms with Crippen molar-refractivity contribution in [3.63, 3.8) is 0 Å². The molecule has 4 N–H and O–H groups in total. The number of nitrogens with zero attached hydrogens (tertiary/aromatic N) is 1. The predicted octanol–water partition coefficient (Wildman–Crippen LogP) is 1.56. The maximum Gasteiger partial charge on any atom is 0.308 e. The first kappa shape index (κ1) is 46.2. The number of aliphatic hydroxyl groups is 4. The summed E-state index contributed by atoms with van der Waals surface area (Å²) < 4.78 is 41.6. The van der Waals surface area contributed by atoms with Gasteiger partial charge in [-0.1, -0.05) is 38.5 Å². The van der Waals surface area contributed by atoms with Gasteiger partial charge in [-0.3, -0.25) is 9.59 Å². The minimum atomic E-state index is -1.31. The van der Waals surface area contributed by atoms with E-state index in [0.29, 0.717) is 12.0 Å². The van der Waals surface area contributed by atoms with Crippen molar-refractivity contribution in [1.29, 1.82) is 0 Å². The number of likely N-dealkylation sites (N-methyl/N-ethyl adjacent to an activating group) is 1. The van der Waals surface area contributed by atoms with Crippen LogP contribution < -0.4 is 0 Å². The van der Waals surface area contributed by atoms with Crippen LogP contribution in [0.2, 0.25) is 0 Å². The van der Waals surface area contributed by atoms with Gasteiger partial charge in [0.1, 0.15) is 36.8 Å². The molecule has 0 aromatic rings. The zero-order valence-corrected chi connectivity index (χ0v) is 33.5. The van der Waals surface area contributed by atoms with E-state index in [1.165, 1.54) is 20.3 Å². The maximum absolute atomic E-state index is 13.6. The maximum atomic E-state index is 13.6. The van der Waals surface area contributed by atoms with Crippen molar-refractivity contribution in [1.82, 2.24) is 4.90 Å². The molecule has 2 fully saturated rings. The molecule has 0 spiro atoms. The normalized spacial score (nSPS) is 42.1. The van der Waals surface area contributed by atoms with Crippen molar-refractivity contribution in [2.45, 2.75) is 147 Å². The number of aliphatic hydroxyl groups excluding tert-OH is 4. The third-order valence-electron chi connectivity index (χ3n) is 11.1. The van der Waals surface area contributed by atoms with Crippen LogP contribution in [0.1, 0.15) is 67.2 Å². The van der Waals surface area contributed by atoms with Gasteiger partial charge in [0.2, 0.25) is 0 Å². The summed E-state index contributed by atoms with van der Waals surface area (Å²) in [6, 6.07) is -0.740. The Kier molecular flexibility index (Phi) is 18.3. The van der Waals surface area contributed by atoms with E-state index in [4.69, 9.17) is 33.2 Å². The Balaban J connectivity index is 1.96. The second kappa shape index (κ2) is 21.4. The van der Waals surface area contributed by atoms with Crippen LogP contribution in [0.5, 0.6) is 0 Å². The number of hydrogen-bond donors (Lipinski definition) is 4. The molecule has 0 radical (unpaired) electrons. The summed E-state index contributed by atoms with van der Waals surface area (Å²) in [6.07, 6.45) is -5.36. The van der Waals surface area contributed by atoms with Crippen LogP contribution in [0.3, 0.4) is 0 Å². The van der Waals surface area contributed by atoms with Crippen molar-refractivity contribution in [2.24, 2.45) is 23.7 Å². The Hall–Kier alpha value is -2.15. The highest BCUT2D eigenvalue weighted by atomic mass is 16.7. The van der Waals surface area contributed by atoms with Gasteiger partial charge in [-0.05, 0) is 59.7 Å². The van der Waals surface area contributed by atoms with Gasteiger partial charge >= 0.3 is 5.97 Å². The highest BCUT2D eigenvalue weighted by molar-refractivity contribution is 5.91. The molecule has 0 amide bonds. The molecule has 2 saturated heterocycles. The largest absolute Gasteiger partial charge is 0.462 e. The number of ether oxygens (including phenoxy) is 7. The molecule has 15 heteroatoms. The van der Waals surface area contributed by atoms with Crippen LogP contribution in [0.15, 0.2) is 23.8 Å². The lowest BCUT2D eigenvalue weighted by Gasteiger charge is -2.46. The Morgan fingerprint density at radius 2 is 1.52 bits per heavy atom. The average Bonchev–Trinajstić information content (AvgIpc) is 3.12. The van der Waals surface area contributed by atoms with Crippen molar-refractivity contribution in [3.8, 4) is 0 Å². The molecular weight excluding hydrogens is 706 g/mol. The number of allylic oxidation sites excluding steroid dienone is 3. The Morgan fingerprint density at radius 3 is 2.11 bits per heavy atom. The molecule has 0 aromatic carbocycles. The minimum absolute atomic E-state index is 0.0120. The van der Waals surface area contributed by atoms with Crippen molar-refractivity contribution in [3.05, 3.63) is 23.8 Å². The van der Waals surface area contributed by atoms with Gasteiger partial charge in [0, 0.05) is 38.4 Å². The van der Waals surface area contributed by atoms with Gasteiger partial charge in [0.05, 0.1) is 49.6 Å². The van der Waals surface area contributed by atoms with Crippen molar-refractivity contribution < 1.29 is 68.0 Å². The molecule has 0 aliphatic carbocycles. The van der Waals surface area contributed by atoms with Crippen molar-refractivity contribution in [2.75, 3.05) is 34.9 Å². The lowest BCUT2D eigenvalue weighted by molar-refractivity contribution is -0.304. The van der Waals surface area contributed by atoms with Crippen LogP contribution in [0.4, 0.5) is 0 Å². The first-order valence-electron chi connectivity index (χ1n) is 19.0. The van der Waals surface area contributed by atoms with E-state index in [2.05, 4.69) is 0 Å². The number of rotatable bonds is 11. The number of methoxy groups -OCH3 is 2. The number of carbonyl (C=O) groups excluding carboxylic acids is 3. The van der Waals surface area contributed by atoms with Crippen LogP contribution in [-0.4, -0.2) is 158 Å². The first-order valence-corrected chi connectivity index (χ1v) is 19.0. The number of ketones is 1. The molecule has 0 saturated carbocycles. The fourth-order valence-corrected chi connectivity index (χ4v) is 7.76. The summed E-state index contributed by atoms with van der Waals surface area (Å²) >= 11 is 0. The van der Waals surface area contributed by atoms with Crippen LogP contribution >= 0.6 is 0 Å². The molecule has 310 valence electrons. The molecule has 15 nitrogen and oxygen atoms in total.